The minimum atomic E-state index is 0.302. The van der Waals surface area contributed by atoms with Crippen LogP contribution in [-0.4, -0.2) is 29.1 Å². The summed E-state index contributed by atoms with van der Waals surface area (Å²) in [6.45, 7) is 0.641. The molecule has 1 aliphatic rings. The van der Waals surface area contributed by atoms with E-state index in [-0.39, 0.29) is 0 Å². The van der Waals surface area contributed by atoms with Crippen molar-refractivity contribution in [3.63, 3.8) is 0 Å². The molecular formula is C15H18ClN3S. The molecule has 1 saturated heterocycles. The largest absolute Gasteiger partial charge is 0.379 e. The number of halogens is 1. The molecule has 106 valence electrons. The number of nitrogens with one attached hydrogen (secondary N) is 1. The molecule has 1 aliphatic heterocycles. The Bertz CT molecular complexity index is 599. The smallest absolute Gasteiger partial charge is 0.0948 e. The summed E-state index contributed by atoms with van der Waals surface area (Å²) in [5.41, 5.74) is 7.90. The molecule has 0 amide bonds. The van der Waals surface area contributed by atoms with Gasteiger partial charge in [0.15, 0.2) is 0 Å². The van der Waals surface area contributed by atoms with Gasteiger partial charge in [-0.05, 0) is 48.1 Å². The maximum Gasteiger partial charge on any atom is 0.0948 e. The average molecular weight is 308 g/mol. The molecule has 2 atom stereocenters. The molecule has 2 unspecified atom stereocenters. The van der Waals surface area contributed by atoms with Crippen LogP contribution in [0.15, 0.2) is 30.5 Å². The second-order valence-electron chi connectivity index (χ2n) is 5.10. The normalized spacial score (nSPS) is 20.2. The molecular weight excluding hydrogens is 290 g/mol. The molecule has 1 aromatic carbocycles. The zero-order valence-corrected chi connectivity index (χ0v) is 12.8. The van der Waals surface area contributed by atoms with Crippen molar-refractivity contribution >= 4 is 40.0 Å². The van der Waals surface area contributed by atoms with E-state index in [0.29, 0.717) is 18.5 Å². The SMILES string of the molecule is NCC(Nc1ccc(Cl)c2cccnc12)C1CCSC1. The summed E-state index contributed by atoms with van der Waals surface area (Å²) >= 11 is 8.24. The zero-order chi connectivity index (χ0) is 13.9. The number of nitrogens with zero attached hydrogens (tertiary/aromatic N) is 1. The Labute approximate surface area is 128 Å². The zero-order valence-electron chi connectivity index (χ0n) is 11.2. The van der Waals surface area contributed by atoms with Crippen molar-refractivity contribution < 1.29 is 0 Å². The van der Waals surface area contributed by atoms with E-state index in [1.54, 1.807) is 6.20 Å². The minimum Gasteiger partial charge on any atom is -0.379 e. The molecule has 0 spiro atoms. The van der Waals surface area contributed by atoms with E-state index in [9.17, 15) is 0 Å². The number of hydrogen-bond donors (Lipinski definition) is 2. The lowest BCUT2D eigenvalue weighted by Crippen LogP contribution is -2.36. The quantitative estimate of drug-likeness (QED) is 0.909. The Morgan fingerprint density at radius 2 is 2.35 bits per heavy atom. The van der Waals surface area contributed by atoms with Gasteiger partial charge in [-0.1, -0.05) is 11.6 Å². The average Bonchev–Trinajstić information content (AvgIpc) is 3.01. The van der Waals surface area contributed by atoms with Crippen molar-refractivity contribution in [3.05, 3.63) is 35.5 Å². The van der Waals surface area contributed by atoms with Gasteiger partial charge >= 0.3 is 0 Å². The highest BCUT2D eigenvalue weighted by Crippen LogP contribution is 2.31. The first-order valence-electron chi connectivity index (χ1n) is 6.87. The summed E-state index contributed by atoms with van der Waals surface area (Å²) in [6, 6.07) is 8.13. The molecule has 3 rings (SSSR count). The van der Waals surface area contributed by atoms with Crippen LogP contribution in [0.25, 0.3) is 10.9 Å². The van der Waals surface area contributed by atoms with Gasteiger partial charge in [-0.25, -0.2) is 0 Å². The number of fused-ring (bicyclic) bond motifs is 1. The van der Waals surface area contributed by atoms with Gasteiger partial charge in [0, 0.05) is 24.2 Å². The number of aromatic nitrogens is 1. The minimum absolute atomic E-state index is 0.302. The van der Waals surface area contributed by atoms with E-state index >= 15 is 0 Å². The molecule has 1 aromatic heterocycles. The van der Waals surface area contributed by atoms with E-state index in [1.165, 1.54) is 17.9 Å². The molecule has 1 fully saturated rings. The third-order valence-corrected chi connectivity index (χ3v) is 5.36. The number of anilines is 1. The van der Waals surface area contributed by atoms with Crippen molar-refractivity contribution in [2.75, 3.05) is 23.4 Å². The van der Waals surface area contributed by atoms with E-state index in [0.717, 1.165) is 21.6 Å². The lowest BCUT2D eigenvalue weighted by Gasteiger charge is -2.24. The number of nitrogens with two attached hydrogens (primary N) is 1. The Morgan fingerprint density at radius 1 is 1.45 bits per heavy atom. The van der Waals surface area contributed by atoms with Gasteiger partial charge in [0.2, 0.25) is 0 Å². The summed E-state index contributed by atoms with van der Waals surface area (Å²) in [5, 5.41) is 5.30. The monoisotopic (exact) mass is 307 g/mol. The van der Waals surface area contributed by atoms with Gasteiger partial charge in [0.05, 0.1) is 16.2 Å². The predicted octanol–water partition coefficient (Wildman–Crippen LogP) is 3.38. The Kier molecular flexibility index (Phi) is 4.34. The maximum atomic E-state index is 6.23. The van der Waals surface area contributed by atoms with Gasteiger partial charge in [-0.3, -0.25) is 4.98 Å². The van der Waals surface area contributed by atoms with Crippen molar-refractivity contribution in [3.8, 4) is 0 Å². The van der Waals surface area contributed by atoms with Crippen molar-refractivity contribution in [1.29, 1.82) is 0 Å². The Hall–Kier alpha value is -0.970. The van der Waals surface area contributed by atoms with Crippen molar-refractivity contribution in [2.45, 2.75) is 12.5 Å². The molecule has 0 radical (unpaired) electrons. The van der Waals surface area contributed by atoms with Crippen LogP contribution in [0.3, 0.4) is 0 Å². The fourth-order valence-corrected chi connectivity index (χ4v) is 4.25. The predicted molar refractivity (Wildman–Crippen MR) is 88.7 cm³/mol. The van der Waals surface area contributed by atoms with E-state index in [2.05, 4.69) is 10.3 Å². The Balaban J connectivity index is 1.91. The summed E-state index contributed by atoms with van der Waals surface area (Å²) in [7, 11) is 0. The second-order valence-corrected chi connectivity index (χ2v) is 6.66. The number of thioether (sulfide) groups is 1. The number of benzene rings is 1. The van der Waals surface area contributed by atoms with Gasteiger partial charge in [-0.2, -0.15) is 11.8 Å². The molecule has 3 nitrogen and oxygen atoms in total. The molecule has 3 N–H and O–H groups in total. The molecule has 20 heavy (non-hydrogen) atoms. The van der Waals surface area contributed by atoms with Crippen LogP contribution in [0.1, 0.15) is 6.42 Å². The fourth-order valence-electron chi connectivity index (χ4n) is 2.69. The summed E-state index contributed by atoms with van der Waals surface area (Å²) in [4.78, 5) is 4.46. The van der Waals surface area contributed by atoms with Gasteiger partial charge in [0.1, 0.15) is 0 Å². The molecule has 0 bridgehead atoms. The van der Waals surface area contributed by atoms with Gasteiger partial charge in [0.25, 0.3) is 0 Å². The summed E-state index contributed by atoms with van der Waals surface area (Å²) in [6.07, 6.45) is 3.03. The van der Waals surface area contributed by atoms with Crippen LogP contribution in [0.4, 0.5) is 5.69 Å². The topological polar surface area (TPSA) is 50.9 Å². The maximum absolute atomic E-state index is 6.23. The fraction of sp³-hybridized carbons (Fsp3) is 0.400. The highest BCUT2D eigenvalue weighted by Gasteiger charge is 2.24. The number of rotatable bonds is 4. The second kappa shape index (κ2) is 6.20. The highest BCUT2D eigenvalue weighted by atomic mass is 35.5. The van der Waals surface area contributed by atoms with Crippen LogP contribution in [0.5, 0.6) is 0 Å². The van der Waals surface area contributed by atoms with Gasteiger partial charge in [-0.15, -0.1) is 0 Å². The first kappa shape index (κ1) is 14.0. The molecule has 0 saturated carbocycles. The van der Waals surface area contributed by atoms with Crippen molar-refractivity contribution in [2.24, 2.45) is 11.7 Å². The first-order chi connectivity index (χ1) is 9.79. The summed E-state index contributed by atoms with van der Waals surface area (Å²) in [5.74, 6) is 3.07. The van der Waals surface area contributed by atoms with Crippen molar-refractivity contribution in [1.82, 2.24) is 4.98 Å². The van der Waals surface area contributed by atoms with Crippen LogP contribution in [0.2, 0.25) is 5.02 Å². The van der Waals surface area contributed by atoms with E-state index in [4.69, 9.17) is 17.3 Å². The third kappa shape index (κ3) is 2.73. The molecule has 2 heterocycles. The Morgan fingerprint density at radius 3 is 3.10 bits per heavy atom. The lowest BCUT2D eigenvalue weighted by molar-refractivity contribution is 0.499. The van der Waals surface area contributed by atoms with E-state index < -0.39 is 0 Å². The number of pyridine rings is 1. The molecule has 2 aromatic rings. The van der Waals surface area contributed by atoms with Crippen LogP contribution < -0.4 is 11.1 Å². The van der Waals surface area contributed by atoms with Gasteiger partial charge < -0.3 is 11.1 Å². The lowest BCUT2D eigenvalue weighted by atomic mass is 9.98. The standard InChI is InChI=1S/C15H18ClN3S/c16-12-3-4-13(15-11(12)2-1-6-18-15)19-14(8-17)10-5-7-20-9-10/h1-4,6,10,14,19H,5,7-9,17H2. The van der Waals surface area contributed by atoms with Crippen LogP contribution >= 0.6 is 23.4 Å². The van der Waals surface area contributed by atoms with Crippen LogP contribution in [-0.2, 0) is 0 Å². The van der Waals surface area contributed by atoms with Crippen LogP contribution in [0, 0.1) is 5.92 Å². The molecule has 5 heteroatoms. The number of hydrogen-bond acceptors (Lipinski definition) is 4. The summed E-state index contributed by atoms with van der Waals surface area (Å²) < 4.78 is 0. The highest BCUT2D eigenvalue weighted by molar-refractivity contribution is 7.99. The first-order valence-corrected chi connectivity index (χ1v) is 8.40. The third-order valence-electron chi connectivity index (χ3n) is 3.85. The molecule has 0 aliphatic carbocycles. The van der Waals surface area contributed by atoms with E-state index in [1.807, 2.05) is 36.0 Å².